The highest BCUT2D eigenvalue weighted by Crippen LogP contribution is 2.47. The molecule has 0 saturated heterocycles. The summed E-state index contributed by atoms with van der Waals surface area (Å²) >= 11 is 0. The predicted molar refractivity (Wildman–Crippen MR) is 177 cm³/mol. The summed E-state index contributed by atoms with van der Waals surface area (Å²) in [5.74, 6) is 1.11. The van der Waals surface area contributed by atoms with Crippen LogP contribution in [0, 0.1) is 0 Å². The van der Waals surface area contributed by atoms with E-state index in [-0.39, 0.29) is 0 Å². The van der Waals surface area contributed by atoms with Crippen molar-refractivity contribution in [2.75, 3.05) is 4.90 Å². The van der Waals surface area contributed by atoms with E-state index in [1.807, 2.05) is 36.4 Å². The minimum atomic E-state index is 0.298. The van der Waals surface area contributed by atoms with Crippen molar-refractivity contribution in [2.45, 2.75) is 12.0 Å². The standard InChI is InChI=1S/C40H29N3/c1-3-12-29(13-4-1)36-27-37(42-40(41-36)30-14-5-2-6-15-30)32-17-11-16-31(26-32)28-22-24-33(25-23-28)43-38-20-9-7-18-34(38)35-19-8-10-21-39(35)43/h1-27,34,38H. The molecule has 43 heavy (non-hydrogen) atoms. The summed E-state index contributed by atoms with van der Waals surface area (Å²) in [5, 5.41) is 0. The van der Waals surface area contributed by atoms with Gasteiger partial charge in [0.25, 0.3) is 0 Å². The Kier molecular flexibility index (Phi) is 6.27. The lowest BCUT2D eigenvalue weighted by molar-refractivity contribution is 0.745. The molecular formula is C40H29N3. The van der Waals surface area contributed by atoms with E-state index in [1.54, 1.807) is 0 Å². The van der Waals surface area contributed by atoms with E-state index in [0.29, 0.717) is 12.0 Å². The molecule has 2 unspecified atom stereocenters. The Hall–Kier alpha value is -5.54. The van der Waals surface area contributed by atoms with Gasteiger partial charge in [-0.15, -0.1) is 0 Å². The Labute approximate surface area is 252 Å². The number of benzene rings is 5. The lowest BCUT2D eigenvalue weighted by Crippen LogP contribution is -2.28. The molecule has 0 bridgehead atoms. The lowest BCUT2D eigenvalue weighted by Gasteiger charge is -2.28. The third kappa shape index (κ3) is 4.65. The van der Waals surface area contributed by atoms with Crippen LogP contribution in [0.4, 0.5) is 11.4 Å². The van der Waals surface area contributed by atoms with Gasteiger partial charge in [-0.3, -0.25) is 0 Å². The summed E-state index contributed by atoms with van der Waals surface area (Å²) in [4.78, 5) is 12.4. The molecule has 0 saturated carbocycles. The van der Waals surface area contributed by atoms with E-state index in [1.165, 1.54) is 22.5 Å². The van der Waals surface area contributed by atoms with Crippen molar-refractivity contribution in [1.29, 1.82) is 0 Å². The van der Waals surface area contributed by atoms with Crippen LogP contribution < -0.4 is 4.90 Å². The fraction of sp³-hybridized carbons (Fsp3) is 0.0500. The maximum atomic E-state index is 5.03. The minimum Gasteiger partial charge on any atom is -0.333 e. The molecule has 0 spiro atoms. The maximum absolute atomic E-state index is 5.03. The largest absolute Gasteiger partial charge is 0.333 e. The lowest BCUT2D eigenvalue weighted by atomic mass is 9.91. The topological polar surface area (TPSA) is 29.0 Å². The number of hydrogen-bond acceptors (Lipinski definition) is 3. The number of aromatic nitrogens is 2. The highest BCUT2D eigenvalue weighted by Gasteiger charge is 2.36. The van der Waals surface area contributed by atoms with Crippen molar-refractivity contribution in [3.8, 4) is 45.0 Å². The quantitative estimate of drug-likeness (QED) is 0.213. The molecule has 0 radical (unpaired) electrons. The Bertz CT molecular complexity index is 1920. The highest BCUT2D eigenvalue weighted by molar-refractivity contribution is 5.79. The van der Waals surface area contributed by atoms with Crippen LogP contribution in [-0.2, 0) is 0 Å². The summed E-state index contributed by atoms with van der Waals surface area (Å²) in [7, 11) is 0. The summed E-state index contributed by atoms with van der Waals surface area (Å²) in [6.07, 6.45) is 8.97. The molecule has 8 rings (SSSR count). The van der Waals surface area contributed by atoms with Gasteiger partial charge in [-0.05, 0) is 47.0 Å². The van der Waals surface area contributed by atoms with Gasteiger partial charge < -0.3 is 4.90 Å². The SMILES string of the molecule is C1=CC2c3ccccc3N(c3ccc(-c4cccc(-c5cc(-c6ccccc6)nc(-c6ccccc6)n5)c4)cc3)C2C=C1. The van der Waals surface area contributed by atoms with Crippen molar-refractivity contribution in [3.05, 3.63) is 169 Å². The van der Waals surface area contributed by atoms with Gasteiger partial charge in [-0.2, -0.15) is 0 Å². The van der Waals surface area contributed by atoms with Gasteiger partial charge in [0.2, 0.25) is 0 Å². The molecule has 1 aromatic heterocycles. The molecule has 0 N–H and O–H groups in total. The van der Waals surface area contributed by atoms with E-state index in [2.05, 4.69) is 132 Å². The van der Waals surface area contributed by atoms with Crippen LogP contribution in [0.5, 0.6) is 0 Å². The van der Waals surface area contributed by atoms with Gasteiger partial charge >= 0.3 is 0 Å². The molecule has 6 aromatic rings. The first-order valence-electron chi connectivity index (χ1n) is 14.8. The second-order valence-corrected chi connectivity index (χ2v) is 11.0. The molecule has 2 atom stereocenters. The monoisotopic (exact) mass is 551 g/mol. The van der Waals surface area contributed by atoms with Crippen LogP contribution in [-0.4, -0.2) is 16.0 Å². The molecule has 1 aliphatic heterocycles. The molecule has 3 nitrogen and oxygen atoms in total. The van der Waals surface area contributed by atoms with Gasteiger partial charge in [0.1, 0.15) is 0 Å². The number of rotatable bonds is 5. The molecule has 2 aliphatic rings. The first-order chi connectivity index (χ1) is 21.3. The van der Waals surface area contributed by atoms with Crippen molar-refractivity contribution < 1.29 is 0 Å². The van der Waals surface area contributed by atoms with Gasteiger partial charge in [-0.25, -0.2) is 9.97 Å². The molecule has 5 aromatic carbocycles. The summed E-state index contributed by atoms with van der Waals surface area (Å²) in [6, 6.07) is 49.3. The van der Waals surface area contributed by atoms with Crippen LogP contribution >= 0.6 is 0 Å². The molecule has 2 heterocycles. The smallest absolute Gasteiger partial charge is 0.160 e. The van der Waals surface area contributed by atoms with Gasteiger partial charge in [0.05, 0.1) is 17.4 Å². The second-order valence-electron chi connectivity index (χ2n) is 11.0. The Morgan fingerprint density at radius 1 is 0.465 bits per heavy atom. The zero-order chi connectivity index (χ0) is 28.6. The second kappa shape index (κ2) is 10.7. The summed E-state index contributed by atoms with van der Waals surface area (Å²) in [6.45, 7) is 0. The van der Waals surface area contributed by atoms with Crippen LogP contribution in [0.1, 0.15) is 11.5 Å². The molecule has 204 valence electrons. The molecular weight excluding hydrogens is 522 g/mol. The van der Waals surface area contributed by atoms with Gasteiger partial charge in [-0.1, -0.05) is 133 Å². The fourth-order valence-corrected chi connectivity index (χ4v) is 6.33. The number of nitrogens with zero attached hydrogens (tertiary/aromatic N) is 3. The summed E-state index contributed by atoms with van der Waals surface area (Å²) in [5.41, 5.74) is 11.2. The maximum Gasteiger partial charge on any atom is 0.160 e. The fourth-order valence-electron chi connectivity index (χ4n) is 6.33. The third-order valence-corrected chi connectivity index (χ3v) is 8.42. The Morgan fingerprint density at radius 3 is 1.88 bits per heavy atom. The van der Waals surface area contributed by atoms with Crippen LogP contribution in [0.2, 0.25) is 0 Å². The van der Waals surface area contributed by atoms with E-state index in [0.717, 1.165) is 39.5 Å². The van der Waals surface area contributed by atoms with E-state index in [9.17, 15) is 0 Å². The Morgan fingerprint density at radius 2 is 1.09 bits per heavy atom. The van der Waals surface area contributed by atoms with Crippen molar-refractivity contribution in [1.82, 2.24) is 9.97 Å². The predicted octanol–water partition coefficient (Wildman–Crippen LogP) is 9.87. The molecule has 0 fully saturated rings. The average Bonchev–Trinajstić information content (AvgIpc) is 3.43. The third-order valence-electron chi connectivity index (χ3n) is 8.42. The van der Waals surface area contributed by atoms with E-state index < -0.39 is 0 Å². The van der Waals surface area contributed by atoms with E-state index >= 15 is 0 Å². The van der Waals surface area contributed by atoms with Crippen LogP contribution in [0.3, 0.4) is 0 Å². The first-order valence-corrected chi connectivity index (χ1v) is 14.8. The molecule has 0 amide bonds. The van der Waals surface area contributed by atoms with Gasteiger partial charge in [0.15, 0.2) is 5.82 Å². The normalized spacial score (nSPS) is 16.6. The number of para-hydroxylation sites is 1. The van der Waals surface area contributed by atoms with E-state index in [4.69, 9.17) is 9.97 Å². The molecule has 1 aliphatic carbocycles. The number of allylic oxidation sites excluding steroid dienone is 2. The van der Waals surface area contributed by atoms with Crippen molar-refractivity contribution in [2.24, 2.45) is 0 Å². The van der Waals surface area contributed by atoms with Crippen molar-refractivity contribution >= 4 is 11.4 Å². The number of anilines is 2. The van der Waals surface area contributed by atoms with Crippen LogP contribution in [0.25, 0.3) is 45.0 Å². The molecule has 3 heteroatoms. The minimum absolute atomic E-state index is 0.298. The Balaban J connectivity index is 1.15. The van der Waals surface area contributed by atoms with Gasteiger partial charge in [0, 0.05) is 34.0 Å². The van der Waals surface area contributed by atoms with Crippen molar-refractivity contribution in [3.63, 3.8) is 0 Å². The zero-order valence-corrected chi connectivity index (χ0v) is 23.6. The van der Waals surface area contributed by atoms with Crippen LogP contribution in [0.15, 0.2) is 164 Å². The highest BCUT2D eigenvalue weighted by atomic mass is 15.2. The zero-order valence-electron chi connectivity index (χ0n) is 23.6. The average molecular weight is 552 g/mol. The summed E-state index contributed by atoms with van der Waals surface area (Å²) < 4.78 is 0. The number of fused-ring (bicyclic) bond motifs is 3. The first kappa shape index (κ1) is 25.2. The number of hydrogen-bond donors (Lipinski definition) is 0.